The molecule has 0 aromatic heterocycles. The molecular formula is C40H28F12O5P-. The number of hydrogen-bond acceptors (Lipinski definition) is 5. The number of alkyl halides is 12. The average Bonchev–Trinajstić information content (AvgIpc) is 3.60. The third kappa shape index (κ3) is 4.29. The quantitative estimate of drug-likeness (QED) is 0.130. The monoisotopic (exact) mass is 847 g/mol. The van der Waals surface area contributed by atoms with Gasteiger partial charge >= 0.3 is 321 Å². The molecule has 1 spiro atoms. The van der Waals surface area contributed by atoms with Crippen LogP contribution < -0.4 is 20.1 Å². The van der Waals surface area contributed by atoms with Crippen LogP contribution in [0.15, 0.2) is 127 Å². The van der Waals surface area contributed by atoms with Crippen LogP contribution in [0.4, 0.5) is 52.7 Å². The van der Waals surface area contributed by atoms with Gasteiger partial charge in [0.25, 0.3) is 0 Å². The Hall–Kier alpha value is -4.83. The van der Waals surface area contributed by atoms with Gasteiger partial charge in [0.2, 0.25) is 0 Å². The summed E-state index contributed by atoms with van der Waals surface area (Å²) in [4.78, 5) is 0. The van der Waals surface area contributed by atoms with E-state index >= 15 is 52.7 Å². The van der Waals surface area contributed by atoms with Crippen LogP contribution in [-0.2, 0) is 30.4 Å². The summed E-state index contributed by atoms with van der Waals surface area (Å²) in [6, 6.07) is 21.5. The van der Waals surface area contributed by atoms with E-state index in [2.05, 4.69) is 0 Å². The third-order valence-corrected chi connectivity index (χ3v) is 18.4. The summed E-state index contributed by atoms with van der Waals surface area (Å²) in [6.45, 7) is -8.68. The number of ether oxygens (including phenoxy) is 2. The summed E-state index contributed by atoms with van der Waals surface area (Å²) >= 11 is 0. The topological polar surface area (TPSA) is 46.2 Å². The summed E-state index contributed by atoms with van der Waals surface area (Å²) in [5.41, 5.74) is -20.8. The minimum atomic E-state index is -8.68. The van der Waals surface area contributed by atoms with E-state index in [4.69, 9.17) is 23.0 Å². The van der Waals surface area contributed by atoms with Crippen molar-refractivity contribution in [3.63, 3.8) is 0 Å². The average molecular weight is 848 g/mol. The molecule has 308 valence electrons. The summed E-state index contributed by atoms with van der Waals surface area (Å²) in [5.74, 6) is 0.352. The van der Waals surface area contributed by atoms with Gasteiger partial charge in [0.1, 0.15) is 0 Å². The van der Waals surface area contributed by atoms with Crippen molar-refractivity contribution < 1.29 is 75.7 Å². The van der Waals surface area contributed by atoms with Crippen LogP contribution in [0.3, 0.4) is 0 Å². The molecule has 5 nitrogen and oxygen atoms in total. The van der Waals surface area contributed by atoms with E-state index in [9.17, 15) is 0 Å². The van der Waals surface area contributed by atoms with Crippen LogP contribution in [-0.4, -0.2) is 38.9 Å². The minimum absolute atomic E-state index is 0.145. The number of rotatable bonds is 5. The summed E-state index contributed by atoms with van der Waals surface area (Å²) < 4.78 is 220. The molecular weight excluding hydrogens is 819 g/mol. The van der Waals surface area contributed by atoms with Gasteiger partial charge in [-0.05, 0) is 0 Å². The summed E-state index contributed by atoms with van der Waals surface area (Å²) in [6.07, 6.45) is -26.5. The van der Waals surface area contributed by atoms with E-state index in [1.54, 1.807) is 0 Å². The zero-order valence-corrected chi connectivity index (χ0v) is 30.6. The number of halogens is 12. The van der Waals surface area contributed by atoms with Crippen LogP contribution in [0, 0.1) is 0 Å². The van der Waals surface area contributed by atoms with Gasteiger partial charge in [-0.2, -0.15) is 0 Å². The first-order valence-electron chi connectivity index (χ1n) is 17.1. The van der Waals surface area contributed by atoms with E-state index in [-0.39, 0.29) is 28.2 Å². The van der Waals surface area contributed by atoms with Crippen LogP contribution >= 0.6 is 6.63 Å². The van der Waals surface area contributed by atoms with Gasteiger partial charge in [-0.25, -0.2) is 0 Å². The summed E-state index contributed by atoms with van der Waals surface area (Å²) in [5, 5.41) is -2.84. The first-order chi connectivity index (χ1) is 27.0. The molecule has 5 aromatic rings. The van der Waals surface area contributed by atoms with Gasteiger partial charge in [0.05, 0.1) is 0 Å². The Bertz CT molecular complexity index is 2260. The second-order valence-electron chi connectivity index (χ2n) is 14.1. The second kappa shape index (κ2) is 11.7. The maximum absolute atomic E-state index is 15.9. The molecule has 0 aliphatic carbocycles. The number of fused-ring (bicyclic) bond motifs is 2. The van der Waals surface area contributed by atoms with Gasteiger partial charge in [0.15, 0.2) is 0 Å². The van der Waals surface area contributed by atoms with Crippen molar-refractivity contribution in [1.82, 2.24) is 0 Å². The SMILES string of the molecule is COc1ccc(C2(c3ccc(OC)cc3)O[P-]34(OC(C(F)(F)F)(C(F)(F)F)c5ccccc53)(OC(C(F)(F)F)(C(F)(F)F)c3ccccc34)C2c2ccccc2)cc1. The first kappa shape index (κ1) is 40.0. The molecule has 3 heterocycles. The number of methoxy groups -OCH3 is 2. The van der Waals surface area contributed by atoms with E-state index in [1.165, 1.54) is 80.9 Å². The molecule has 58 heavy (non-hydrogen) atoms. The molecule has 1 saturated heterocycles. The zero-order chi connectivity index (χ0) is 42.1. The molecule has 3 aliphatic rings. The predicted molar refractivity (Wildman–Crippen MR) is 186 cm³/mol. The molecule has 0 saturated carbocycles. The Labute approximate surface area is 320 Å². The second-order valence-corrected chi connectivity index (χ2v) is 19.1. The maximum atomic E-state index is 15.9. The van der Waals surface area contributed by atoms with E-state index in [0.29, 0.717) is 24.3 Å². The van der Waals surface area contributed by atoms with E-state index in [0.717, 1.165) is 36.4 Å². The van der Waals surface area contributed by atoms with Crippen LogP contribution in [0.25, 0.3) is 0 Å². The molecule has 18 heteroatoms. The van der Waals surface area contributed by atoms with E-state index < -0.39 is 75.5 Å². The Morgan fingerprint density at radius 1 is 0.448 bits per heavy atom. The normalized spacial score (nSPS) is 23.0. The zero-order valence-electron chi connectivity index (χ0n) is 29.7. The van der Waals surface area contributed by atoms with Gasteiger partial charge < -0.3 is 0 Å². The van der Waals surface area contributed by atoms with E-state index in [1.807, 2.05) is 0 Å². The fourth-order valence-electron chi connectivity index (χ4n) is 9.47. The molecule has 0 N–H and O–H groups in total. The molecule has 8 rings (SSSR count). The van der Waals surface area contributed by atoms with Gasteiger partial charge in [-0.15, -0.1) is 0 Å². The molecule has 0 bridgehead atoms. The van der Waals surface area contributed by atoms with Crippen molar-refractivity contribution in [2.45, 2.75) is 47.2 Å². The Morgan fingerprint density at radius 2 is 0.793 bits per heavy atom. The Morgan fingerprint density at radius 3 is 1.14 bits per heavy atom. The fraction of sp³-hybridized carbons (Fsp3) is 0.250. The Balaban J connectivity index is 1.70. The van der Waals surface area contributed by atoms with Gasteiger partial charge in [-0.1, -0.05) is 0 Å². The van der Waals surface area contributed by atoms with Crippen molar-refractivity contribution in [1.29, 1.82) is 0 Å². The van der Waals surface area contributed by atoms with Crippen LogP contribution in [0.1, 0.15) is 33.5 Å². The van der Waals surface area contributed by atoms with Crippen molar-refractivity contribution in [3.8, 4) is 11.5 Å². The molecule has 1 fully saturated rings. The fourth-order valence-corrected chi connectivity index (χ4v) is 18.5. The third-order valence-electron chi connectivity index (χ3n) is 11.5. The first-order valence-corrected chi connectivity index (χ1v) is 19.6. The van der Waals surface area contributed by atoms with Gasteiger partial charge in [0, 0.05) is 0 Å². The predicted octanol–water partition coefficient (Wildman–Crippen LogP) is 10.9. The molecule has 1 atom stereocenters. The number of benzene rings is 5. The van der Waals surface area contributed by atoms with Crippen LogP contribution in [0.2, 0.25) is 0 Å². The molecule has 1 unspecified atom stereocenters. The number of hydrogen-bond donors (Lipinski definition) is 0. The summed E-state index contributed by atoms with van der Waals surface area (Å²) in [7, 11) is 2.57. The van der Waals surface area contributed by atoms with Crippen molar-refractivity contribution >= 4 is 17.2 Å². The van der Waals surface area contributed by atoms with Crippen molar-refractivity contribution in [2.24, 2.45) is 0 Å². The Kier molecular flexibility index (Phi) is 8.05. The van der Waals surface area contributed by atoms with Crippen LogP contribution in [0.5, 0.6) is 11.5 Å². The van der Waals surface area contributed by atoms with Gasteiger partial charge in [-0.3, -0.25) is 0 Å². The molecule has 0 amide bonds. The van der Waals surface area contributed by atoms with Crippen molar-refractivity contribution in [3.05, 3.63) is 155 Å². The van der Waals surface area contributed by atoms with Crippen molar-refractivity contribution in [2.75, 3.05) is 14.2 Å². The standard InChI is InChI=1S/C40H28F12O5P/c1-53-27-20-16-25(17-21-27)34(26-18-22-28(54-2)23-19-26)33(24-10-4-3-5-11-24)58(55-34,31-14-8-6-12-29(31)35(56-58,37(41,42)43)38(44,45)46)32-15-9-7-13-30(32)36(57-58,39(47,48)49)40(50,51)52/h3-23,33H,1-2H3/q-1. The molecule has 3 aliphatic heterocycles. The molecule has 0 radical (unpaired) electrons. The molecule has 5 aromatic carbocycles.